The normalized spacial score (nSPS) is 12.2. The van der Waals surface area contributed by atoms with Crippen molar-refractivity contribution in [2.45, 2.75) is 178 Å². The summed E-state index contributed by atoms with van der Waals surface area (Å²) in [6.45, 7) is 20.8. The van der Waals surface area contributed by atoms with E-state index in [2.05, 4.69) is 244 Å². The summed E-state index contributed by atoms with van der Waals surface area (Å²) in [6.07, 6.45) is 28.5. The number of fused-ring (bicyclic) bond motifs is 4. The Kier molecular flexibility index (Phi) is 40.1. The van der Waals surface area contributed by atoms with Gasteiger partial charge in [0.05, 0.1) is 21.3 Å². The number of anilines is 6. The SMILES string of the molecule is CC(C)N.CC(C)Nc1ccnc(C2=CCc3ccc(-c4nnc(N)o4)cc32)n1.CCC[CH2][Sn]([CH2]CCC)([CH2]CCC)[c]1nccc(Cl)n1.COc1ccc(CNc2nnc(-c3ccc4c(c3)C(I)=CC4)o2)cc1.COc1ccc(CNc2nnc(-c3ccc4c(c3)C(c3nccc(Cl)n3)=CC4)o2)cc1.COc1ccc(CNc2nnc(-c3ccc4c(c3)C(c3nccc(NC(C)C)n3)=CC4)o2)cc1.Clc1ccnc(Cl)n1. The number of benzene rings is 7. The number of nitrogens with one attached hydrogen (secondary N) is 5. The number of rotatable bonds is 33. The molecule has 9 N–H and O–H groups in total. The van der Waals surface area contributed by atoms with E-state index in [0.29, 0.717) is 112 Å². The van der Waals surface area contributed by atoms with Crippen molar-refractivity contribution in [3.8, 4) is 63.1 Å². The summed E-state index contributed by atoms with van der Waals surface area (Å²) in [4.78, 5) is 43.5. The molecular weight excluding hydrogens is 2160 g/mol. The molecule has 147 heavy (non-hydrogen) atoms. The van der Waals surface area contributed by atoms with Crippen LogP contribution in [0.1, 0.15) is 180 Å². The molecule has 0 aliphatic heterocycles. The van der Waals surface area contributed by atoms with Gasteiger partial charge in [0.15, 0.2) is 17.5 Å². The van der Waals surface area contributed by atoms with Crippen LogP contribution in [0.5, 0.6) is 17.2 Å². The number of aromatic nitrogens is 18. The summed E-state index contributed by atoms with van der Waals surface area (Å²) in [6, 6.07) is 58.9. The van der Waals surface area contributed by atoms with Crippen molar-refractivity contribution in [1.29, 1.82) is 0 Å². The zero-order chi connectivity index (χ0) is 104. The quantitative estimate of drug-likeness (QED) is 0.00869. The number of ether oxygens (including phenoxy) is 3. The molecule has 4 aliphatic carbocycles. The summed E-state index contributed by atoms with van der Waals surface area (Å²) in [5, 5.41) is 50.3. The maximum absolute atomic E-state index is 6.14. The van der Waals surface area contributed by atoms with Gasteiger partial charge in [0.1, 0.15) is 39.2 Å². The maximum atomic E-state index is 6.14. The molecule has 0 amide bonds. The van der Waals surface area contributed by atoms with Crippen LogP contribution in [0, 0.1) is 0 Å². The molecule has 0 spiro atoms. The zero-order valence-electron chi connectivity index (χ0n) is 83.9. The van der Waals surface area contributed by atoms with E-state index in [1.807, 2.05) is 141 Å². The molecule has 0 saturated carbocycles. The molecule has 0 unspecified atom stereocenters. The third-order valence-corrected chi connectivity index (χ3v) is 39.9. The Morgan fingerprint density at radius 2 is 0.701 bits per heavy atom. The van der Waals surface area contributed by atoms with Gasteiger partial charge in [-0.25, -0.2) is 39.9 Å². The molecule has 760 valence electrons. The zero-order valence-corrected chi connectivity index (χ0v) is 92.0. The molecule has 0 radical (unpaired) electrons. The van der Waals surface area contributed by atoms with Crippen molar-refractivity contribution in [3.63, 3.8) is 0 Å². The number of nitrogen functional groups attached to an aromatic ring is 1. The Labute approximate surface area is 893 Å². The maximum Gasteiger partial charge on any atom is 0.316 e. The van der Waals surface area contributed by atoms with Crippen LogP contribution in [0.4, 0.5) is 35.7 Å². The minimum absolute atomic E-state index is 0.0575. The largest absolute Gasteiger partial charge is 0.497 e. The average molecular weight is 2280 g/mol. The number of nitrogens with zero attached hydrogens (tertiary/aromatic N) is 18. The van der Waals surface area contributed by atoms with Gasteiger partial charge in [0.25, 0.3) is 0 Å². The van der Waals surface area contributed by atoms with Gasteiger partial charge in [-0.05, 0) is 264 Å². The van der Waals surface area contributed by atoms with Crippen LogP contribution in [0.3, 0.4) is 0 Å². The molecule has 9 aromatic heterocycles. The van der Waals surface area contributed by atoms with E-state index in [0.717, 1.165) is 127 Å². The standard InChI is InChI=1S/C26H26N6O2.C23H18ClN5O2.C19H16IN3O2.C18H18N6O.C4H2Cl2N2.C4H2ClN2.3C4H9.C3H9N.Sn/c1-16(2)29-23-12-13-27-24(30-23)21-11-8-18-6-7-19(14-22(18)21)25-31-32-26(34-25)28-15-17-4-9-20(33-3)10-5-17;1-30-17-7-2-14(3-8-17)13-26-23-29-28-22(31-23)16-5-4-15-6-9-18(19(15)12-16)21-25-11-10-20(24)27-21;1-24-15-7-2-12(3-8-15)11-21-19-23-22-18(25-19)14-5-4-13-6-9-17(20)16(13)10-14;1-10(2)21-15-7-8-20-16(22-15)13-6-5-11-3-4-12(9-14(11)13)17-23-24-18(19)25-17;5-3-1-2-7-4(6)8-3;5-4-1-2-6-3-7-4;3*1-3-4-2;1-3(2)4;/h4-7,9-14,16H,8,15H2,1-3H3,(H,28,32)(H,27,29,30);2-5,7-12H,6,13H2,1H3,(H,26,29);2-5,7-10H,6,11H2,1H3,(H,21,23);3-4,6-10H,5H2,1-2H3,(H2,19,24)(H,20,21,22);1-2H;1-2H;3*1,3-4H2,2H3;3H,4H2,1-2H3;. The number of unbranched alkanes of at least 4 members (excludes halogenated alkanes) is 3. The molecule has 0 saturated heterocycles. The van der Waals surface area contributed by atoms with Crippen LogP contribution >= 0.6 is 69.0 Å². The summed E-state index contributed by atoms with van der Waals surface area (Å²) in [7, 11) is 4.95. The van der Waals surface area contributed by atoms with E-state index in [4.69, 9.17) is 94.7 Å². The molecule has 0 atom stereocenters. The smallest absolute Gasteiger partial charge is 0.316 e. The first-order valence-corrected chi connectivity index (χ1v) is 58.7. The van der Waals surface area contributed by atoms with Crippen molar-refractivity contribution in [3.05, 3.63) is 331 Å². The van der Waals surface area contributed by atoms with Crippen molar-refractivity contribution in [2.24, 2.45) is 5.73 Å². The molecule has 32 nitrogen and oxygen atoms in total. The molecule has 9 heterocycles. The predicted molar refractivity (Wildman–Crippen MR) is 594 cm³/mol. The van der Waals surface area contributed by atoms with Crippen LogP contribution in [0.25, 0.3) is 66.1 Å². The van der Waals surface area contributed by atoms with Crippen molar-refractivity contribution in [2.75, 3.05) is 53.6 Å². The van der Waals surface area contributed by atoms with E-state index in [1.54, 1.807) is 58.1 Å². The van der Waals surface area contributed by atoms with E-state index in [9.17, 15) is 0 Å². The molecule has 7 aromatic carbocycles. The number of hydrogen-bond acceptors (Lipinski definition) is 32. The first kappa shape index (κ1) is 109. The fraction of sp³-hybridized carbons (Fsp3) is 0.284. The van der Waals surface area contributed by atoms with Crippen molar-refractivity contribution < 1.29 is 31.9 Å². The fourth-order valence-corrected chi connectivity index (χ4v) is 32.6. The summed E-state index contributed by atoms with van der Waals surface area (Å²) in [5.74, 6) is 7.95. The molecular formula is C109H118Cl4IN25O7Sn. The monoisotopic (exact) mass is 2280 g/mol. The van der Waals surface area contributed by atoms with Crippen LogP contribution in [0.15, 0.2) is 249 Å². The van der Waals surface area contributed by atoms with E-state index in [1.165, 1.54) is 93.3 Å². The second-order valence-electron chi connectivity index (χ2n) is 35.5. The summed E-state index contributed by atoms with van der Waals surface area (Å²) >= 11 is 22.8. The van der Waals surface area contributed by atoms with Crippen LogP contribution in [-0.2, 0) is 45.3 Å². The number of methoxy groups -OCH3 is 3. The van der Waals surface area contributed by atoms with E-state index in [-0.39, 0.29) is 11.3 Å². The minimum Gasteiger partial charge on any atom is -0.497 e. The molecule has 4 aliphatic rings. The van der Waals surface area contributed by atoms with Crippen molar-refractivity contribution in [1.82, 2.24) is 90.6 Å². The number of nitrogens with two attached hydrogens (primary N) is 2. The number of hydrogen-bond donors (Lipinski definition) is 7. The molecule has 0 fully saturated rings. The Hall–Kier alpha value is -13.7. The second kappa shape index (κ2) is 54.1. The van der Waals surface area contributed by atoms with Gasteiger partial charge in [-0.15, -0.1) is 20.4 Å². The van der Waals surface area contributed by atoms with Crippen molar-refractivity contribution >= 4 is 147 Å². The van der Waals surface area contributed by atoms with Gasteiger partial charge in [0, 0.05) is 99.1 Å². The minimum atomic E-state index is -2.45. The number of halogens is 5. The molecule has 20 rings (SSSR count). The Balaban J connectivity index is 0.000000142. The first-order chi connectivity index (χ1) is 71.3. The summed E-state index contributed by atoms with van der Waals surface area (Å²) in [5.41, 5.74) is 29.8. The van der Waals surface area contributed by atoms with Gasteiger partial charge < -0.3 is 69.9 Å². The topological polar surface area (TPSA) is 424 Å². The molecule has 0 bridgehead atoms. The van der Waals surface area contributed by atoms with Gasteiger partial charge in [-0.2, -0.15) is 0 Å². The van der Waals surface area contributed by atoms with Gasteiger partial charge in [0.2, 0.25) is 28.8 Å². The van der Waals surface area contributed by atoms with Gasteiger partial charge >= 0.3 is 158 Å². The van der Waals surface area contributed by atoms with Crippen LogP contribution < -0.4 is 56.1 Å². The van der Waals surface area contributed by atoms with Crippen LogP contribution in [0.2, 0.25) is 34.1 Å². The Bertz CT molecular complexity index is 7120. The van der Waals surface area contributed by atoms with E-state index < -0.39 is 18.4 Å². The predicted octanol–water partition coefficient (Wildman–Crippen LogP) is 24.7. The molecule has 16 aromatic rings. The second-order valence-corrected chi connectivity index (χ2v) is 51.0. The third kappa shape index (κ3) is 31.2. The number of allylic oxidation sites excluding steroid dienone is 4. The van der Waals surface area contributed by atoms with Gasteiger partial charge in [-0.3, -0.25) is 0 Å². The Morgan fingerprint density at radius 1 is 0.374 bits per heavy atom. The van der Waals surface area contributed by atoms with E-state index >= 15 is 0 Å². The first-order valence-electron chi connectivity index (χ1n) is 48.6. The van der Waals surface area contributed by atoms with Gasteiger partial charge in [-0.1, -0.05) is 142 Å². The Morgan fingerprint density at radius 3 is 1.03 bits per heavy atom. The fourth-order valence-electron chi connectivity index (χ4n) is 16.1. The average Bonchev–Trinajstić information content (AvgIpc) is 1.58. The molecule has 38 heteroatoms. The summed E-state index contributed by atoms with van der Waals surface area (Å²) < 4.78 is 45.0. The third-order valence-electron chi connectivity index (χ3n) is 23.4. The van der Waals surface area contributed by atoms with Crippen LogP contribution in [-0.4, -0.2) is 148 Å².